The maximum Gasteiger partial charge on any atom is 0.254 e. The molecule has 0 spiro atoms. The summed E-state index contributed by atoms with van der Waals surface area (Å²) in [5.41, 5.74) is 6.02. The highest BCUT2D eigenvalue weighted by molar-refractivity contribution is 5.95. The number of hydrogen-bond donors (Lipinski definition) is 1. The van der Waals surface area contributed by atoms with Crippen molar-refractivity contribution in [1.29, 1.82) is 0 Å². The van der Waals surface area contributed by atoms with Crippen molar-refractivity contribution >= 4 is 17.1 Å². The molecule has 1 saturated heterocycles. The van der Waals surface area contributed by atoms with Crippen molar-refractivity contribution in [3.63, 3.8) is 0 Å². The minimum atomic E-state index is 0.0407. The molecule has 1 N–H and O–H groups in total. The van der Waals surface area contributed by atoms with Gasteiger partial charge in [0.05, 0.1) is 31.0 Å². The third-order valence-corrected chi connectivity index (χ3v) is 6.33. The van der Waals surface area contributed by atoms with Crippen molar-refractivity contribution in [3.05, 3.63) is 95.6 Å². The number of fused-ring (bicyclic) bond motifs is 1. The molecule has 1 amide bonds. The number of aryl methyl sites for hydroxylation is 1. The smallest absolute Gasteiger partial charge is 0.254 e. The van der Waals surface area contributed by atoms with Gasteiger partial charge < -0.3 is 15.0 Å². The lowest BCUT2D eigenvalue weighted by molar-refractivity contribution is 0.0737. The molecule has 1 aliphatic heterocycles. The topological polar surface area (TPSA) is 71.8 Å². The Morgan fingerprint density at radius 1 is 1.15 bits per heavy atom. The van der Waals surface area contributed by atoms with E-state index in [4.69, 9.17) is 4.74 Å². The molecular weight excluding hydrogens is 426 g/mol. The van der Waals surface area contributed by atoms with Crippen LogP contribution in [-0.2, 0) is 17.7 Å². The fraction of sp³-hybridized carbons (Fsp3) is 0.296. The number of anilines is 1. The monoisotopic (exact) mass is 455 g/mol. The van der Waals surface area contributed by atoms with Crippen LogP contribution in [-0.4, -0.2) is 51.7 Å². The first kappa shape index (κ1) is 22.1. The second kappa shape index (κ2) is 10.1. The van der Waals surface area contributed by atoms with Crippen molar-refractivity contribution in [2.45, 2.75) is 19.9 Å². The van der Waals surface area contributed by atoms with Crippen LogP contribution in [0.15, 0.2) is 73.2 Å². The Bertz CT molecular complexity index is 1270. The first-order valence-electron chi connectivity index (χ1n) is 11.7. The van der Waals surface area contributed by atoms with Gasteiger partial charge in [0.25, 0.3) is 5.91 Å². The number of carbonyl (C=O) groups is 1. The molecule has 0 saturated carbocycles. The minimum Gasteiger partial charge on any atom is -0.379 e. The Labute approximate surface area is 199 Å². The van der Waals surface area contributed by atoms with Gasteiger partial charge in [-0.05, 0) is 60.9 Å². The average molecular weight is 456 g/mol. The highest BCUT2D eigenvalue weighted by atomic mass is 16.5. The van der Waals surface area contributed by atoms with Gasteiger partial charge in [0.1, 0.15) is 0 Å². The number of carbonyl (C=O) groups excluding carboxylic acids is 1. The van der Waals surface area contributed by atoms with Crippen LogP contribution in [0.2, 0.25) is 0 Å². The van der Waals surface area contributed by atoms with E-state index in [9.17, 15) is 4.79 Å². The summed E-state index contributed by atoms with van der Waals surface area (Å²) in [6, 6.07) is 17.9. The number of nitrogens with zero attached hydrogens (tertiary/aromatic N) is 4. The molecule has 0 radical (unpaired) electrons. The summed E-state index contributed by atoms with van der Waals surface area (Å²) >= 11 is 0. The lowest BCUT2D eigenvalue weighted by Gasteiger charge is -2.24. The average Bonchev–Trinajstić information content (AvgIpc) is 3.24. The van der Waals surface area contributed by atoms with Crippen molar-refractivity contribution < 1.29 is 9.53 Å². The zero-order valence-electron chi connectivity index (χ0n) is 19.4. The quantitative estimate of drug-likeness (QED) is 0.476. The number of hydrogen-bond acceptors (Lipinski definition) is 5. The molecule has 4 heterocycles. The molecule has 1 atom stereocenters. The van der Waals surface area contributed by atoms with Crippen molar-refractivity contribution in [2.75, 3.05) is 31.6 Å². The van der Waals surface area contributed by atoms with E-state index in [0.29, 0.717) is 38.4 Å². The minimum absolute atomic E-state index is 0.0407. The number of nitrogens with one attached hydrogen (secondary N) is 1. The largest absolute Gasteiger partial charge is 0.379 e. The molecule has 7 nitrogen and oxygen atoms in total. The zero-order chi connectivity index (χ0) is 23.3. The number of ether oxygens (including phenoxy) is 1. The van der Waals surface area contributed by atoms with E-state index in [1.165, 1.54) is 5.56 Å². The molecule has 1 aromatic carbocycles. The molecule has 34 heavy (non-hydrogen) atoms. The van der Waals surface area contributed by atoms with Crippen molar-refractivity contribution in [3.8, 4) is 0 Å². The van der Waals surface area contributed by atoms with Gasteiger partial charge in [-0.3, -0.25) is 9.78 Å². The Morgan fingerprint density at radius 3 is 2.97 bits per heavy atom. The van der Waals surface area contributed by atoms with Gasteiger partial charge in [-0.15, -0.1) is 0 Å². The molecular formula is C27H29N5O2. The van der Waals surface area contributed by atoms with Crippen LogP contribution in [0.3, 0.4) is 0 Å². The number of aromatic nitrogens is 3. The first-order valence-corrected chi connectivity index (χ1v) is 11.7. The van der Waals surface area contributed by atoms with Crippen LogP contribution >= 0.6 is 0 Å². The molecule has 1 aliphatic rings. The van der Waals surface area contributed by atoms with Crippen LogP contribution < -0.4 is 5.32 Å². The number of pyridine rings is 2. The molecule has 0 aliphatic carbocycles. The van der Waals surface area contributed by atoms with E-state index in [1.807, 2.05) is 77.3 Å². The maximum absolute atomic E-state index is 13.5. The van der Waals surface area contributed by atoms with Gasteiger partial charge in [0.2, 0.25) is 0 Å². The predicted molar refractivity (Wildman–Crippen MR) is 132 cm³/mol. The maximum atomic E-state index is 13.5. The van der Waals surface area contributed by atoms with E-state index in [0.717, 1.165) is 28.9 Å². The van der Waals surface area contributed by atoms with Gasteiger partial charge in [-0.2, -0.15) is 5.10 Å². The lowest BCUT2D eigenvalue weighted by atomic mass is 9.99. The van der Waals surface area contributed by atoms with Crippen LogP contribution in [0.4, 0.5) is 5.69 Å². The molecule has 0 bridgehead atoms. The molecule has 5 rings (SSSR count). The van der Waals surface area contributed by atoms with Crippen LogP contribution in [0.25, 0.3) is 5.52 Å². The Hall–Kier alpha value is -3.71. The van der Waals surface area contributed by atoms with Gasteiger partial charge in [-0.1, -0.05) is 18.2 Å². The summed E-state index contributed by atoms with van der Waals surface area (Å²) in [4.78, 5) is 19.8. The standard InChI is InChI=1S/C27H29N5O2/c1-20-7-8-23(16-25(20)29-17-24-6-2-3-10-28-24)27(33)31-13-14-34-19-21(18-31)15-22-5-4-12-32-26(22)9-11-30-32/h2-12,16,21,29H,13-15,17-19H2,1H3/t21-/m1/s1. The fourth-order valence-corrected chi connectivity index (χ4v) is 4.50. The Morgan fingerprint density at radius 2 is 2.09 bits per heavy atom. The number of amides is 1. The zero-order valence-corrected chi connectivity index (χ0v) is 19.4. The Kier molecular flexibility index (Phi) is 6.53. The van der Waals surface area contributed by atoms with Crippen molar-refractivity contribution in [2.24, 2.45) is 5.92 Å². The summed E-state index contributed by atoms with van der Waals surface area (Å²) in [7, 11) is 0. The molecule has 4 aromatic rings. The number of rotatable bonds is 6. The van der Waals surface area contributed by atoms with Gasteiger partial charge >= 0.3 is 0 Å². The molecule has 3 aromatic heterocycles. The second-order valence-electron chi connectivity index (χ2n) is 8.80. The van der Waals surface area contributed by atoms with Crippen LogP contribution in [0.1, 0.15) is 27.2 Å². The van der Waals surface area contributed by atoms with Crippen molar-refractivity contribution in [1.82, 2.24) is 19.5 Å². The molecule has 0 unspecified atom stereocenters. The normalized spacial score (nSPS) is 16.4. The summed E-state index contributed by atoms with van der Waals surface area (Å²) in [5.74, 6) is 0.263. The Balaban J connectivity index is 1.29. The molecule has 7 heteroatoms. The van der Waals surface area contributed by atoms with Crippen LogP contribution in [0.5, 0.6) is 0 Å². The fourth-order valence-electron chi connectivity index (χ4n) is 4.50. The third-order valence-electron chi connectivity index (χ3n) is 6.33. The summed E-state index contributed by atoms with van der Waals surface area (Å²) in [5, 5.41) is 7.76. The van der Waals surface area contributed by atoms with Gasteiger partial charge in [0.15, 0.2) is 0 Å². The third kappa shape index (κ3) is 4.94. The molecule has 1 fully saturated rings. The van der Waals surface area contributed by atoms with E-state index in [2.05, 4.69) is 21.5 Å². The van der Waals surface area contributed by atoms with Gasteiger partial charge in [-0.25, -0.2) is 4.52 Å². The summed E-state index contributed by atoms with van der Waals surface area (Å²) in [6.07, 6.45) is 6.39. The highest BCUT2D eigenvalue weighted by Gasteiger charge is 2.24. The summed E-state index contributed by atoms with van der Waals surface area (Å²) in [6.45, 7) is 5.11. The van der Waals surface area contributed by atoms with E-state index < -0.39 is 0 Å². The SMILES string of the molecule is Cc1ccc(C(=O)N2CCOC[C@H](Cc3cccn4nccc34)C2)cc1NCc1ccccn1. The molecule has 174 valence electrons. The van der Waals surface area contributed by atoms with E-state index in [-0.39, 0.29) is 11.8 Å². The second-order valence-corrected chi connectivity index (χ2v) is 8.80. The highest BCUT2D eigenvalue weighted by Crippen LogP contribution is 2.22. The first-order chi connectivity index (χ1) is 16.7. The van der Waals surface area contributed by atoms with E-state index >= 15 is 0 Å². The van der Waals surface area contributed by atoms with Gasteiger partial charge in [0, 0.05) is 48.8 Å². The summed E-state index contributed by atoms with van der Waals surface area (Å²) < 4.78 is 7.77. The van der Waals surface area contributed by atoms with Crippen LogP contribution in [0, 0.1) is 12.8 Å². The predicted octanol–water partition coefficient (Wildman–Crippen LogP) is 3.98. The lowest BCUT2D eigenvalue weighted by Crippen LogP contribution is -2.36. The van der Waals surface area contributed by atoms with E-state index in [1.54, 1.807) is 6.20 Å². The number of benzene rings is 1.